The van der Waals surface area contributed by atoms with Gasteiger partial charge in [0, 0.05) is 55.5 Å². The Morgan fingerprint density at radius 1 is 0.162 bits per heavy atom. The molecule has 24 aromatic rings. The van der Waals surface area contributed by atoms with Gasteiger partial charge >= 0.3 is 0 Å². The molecule has 3 aliphatic rings. The standard InChI is InChI=1S/C63H39NO.C63H41NO/c1-2-12-49-42(11-1)21-22-45-37-43(27-34-50(45)49)40-23-29-46(30-24-40)64(47-31-25-41(26-32-47)44-28-36-62-56(38-44)55-16-6-10-20-61(55)65-62)48-33-35-54-53-15-5-9-19-59(53)63(60(54)39-48)57-17-7-3-13-51(57)52-14-4-8-18-58(52)63;1-3-15-48(16-4-1)63(49-17-5-2-6-18-49)57-22-11-9-21-55(57)62-58(63)23-13-24-59(62)64(51-36-30-43(31-37-51)46-33-39-61-56(41-46)54-20-10-12-25-60(54)65-61)50-34-28-42(29-35-50)45-32-38-53-47(40-45)27-26-44-14-7-8-19-52(44)53/h1-39H;1-41H. The van der Waals surface area contributed by atoms with Crippen molar-refractivity contribution in [3.8, 4) is 77.9 Å². The highest BCUT2D eigenvalue weighted by atomic mass is 16.3. The molecule has 2 heterocycles. The van der Waals surface area contributed by atoms with Gasteiger partial charge in [-0.2, -0.15) is 0 Å². The lowest BCUT2D eigenvalue weighted by Crippen LogP contribution is -2.28. The van der Waals surface area contributed by atoms with Crippen LogP contribution in [0.15, 0.2) is 494 Å². The van der Waals surface area contributed by atoms with E-state index in [2.05, 4.69) is 471 Å². The van der Waals surface area contributed by atoms with Crippen LogP contribution in [0.25, 0.3) is 165 Å². The zero-order chi connectivity index (χ0) is 85.5. The Hall–Kier alpha value is -16.9. The summed E-state index contributed by atoms with van der Waals surface area (Å²) in [6.07, 6.45) is 0. The highest BCUT2D eigenvalue weighted by molar-refractivity contribution is 6.12. The Morgan fingerprint density at radius 2 is 0.485 bits per heavy atom. The molecule has 0 N–H and O–H groups in total. The molecule has 0 fully saturated rings. The fourth-order valence-corrected chi connectivity index (χ4v) is 22.2. The Morgan fingerprint density at radius 3 is 0.946 bits per heavy atom. The van der Waals surface area contributed by atoms with E-state index in [0.29, 0.717) is 0 Å². The molecular formula is C126H80N2O2. The number of hydrogen-bond acceptors (Lipinski definition) is 4. The Bertz CT molecular complexity index is 8560. The quantitative estimate of drug-likeness (QED) is 0.114. The maximum atomic E-state index is 6.19. The summed E-state index contributed by atoms with van der Waals surface area (Å²) in [7, 11) is 0. The lowest BCUT2D eigenvalue weighted by molar-refractivity contribution is 0.668. The molecule has 2 aromatic heterocycles. The van der Waals surface area contributed by atoms with Crippen LogP contribution in [0.1, 0.15) is 44.5 Å². The number of para-hydroxylation sites is 2. The van der Waals surface area contributed by atoms with Crippen LogP contribution in [0.2, 0.25) is 0 Å². The third-order valence-corrected chi connectivity index (χ3v) is 28.0. The number of rotatable bonds is 12. The molecule has 0 unspecified atom stereocenters. The van der Waals surface area contributed by atoms with Gasteiger partial charge in [0.15, 0.2) is 0 Å². The average Bonchev–Trinajstić information content (AvgIpc) is 1.49. The molecule has 0 aliphatic heterocycles. The molecule has 0 amide bonds. The molecular weight excluding hydrogens is 1570 g/mol. The van der Waals surface area contributed by atoms with E-state index in [1.54, 1.807) is 0 Å². The summed E-state index contributed by atoms with van der Waals surface area (Å²) < 4.78 is 12.4. The second-order valence-electron chi connectivity index (χ2n) is 34.8. The highest BCUT2D eigenvalue weighted by Gasteiger charge is 2.52. The molecule has 0 saturated carbocycles. The zero-order valence-electron chi connectivity index (χ0n) is 70.9. The van der Waals surface area contributed by atoms with Gasteiger partial charge in [-0.1, -0.05) is 370 Å². The predicted molar refractivity (Wildman–Crippen MR) is 542 cm³/mol. The maximum Gasteiger partial charge on any atom is 0.135 e. The van der Waals surface area contributed by atoms with E-state index in [4.69, 9.17) is 8.83 Å². The van der Waals surface area contributed by atoms with Crippen LogP contribution in [-0.2, 0) is 10.8 Å². The molecule has 4 nitrogen and oxygen atoms in total. The minimum absolute atomic E-state index is 0.439. The smallest absolute Gasteiger partial charge is 0.135 e. The second-order valence-corrected chi connectivity index (χ2v) is 34.8. The number of benzene rings is 22. The van der Waals surface area contributed by atoms with Crippen LogP contribution in [0, 0.1) is 0 Å². The molecule has 0 bridgehead atoms. The minimum atomic E-state index is -0.513. The van der Waals surface area contributed by atoms with Crippen molar-refractivity contribution < 1.29 is 8.83 Å². The third-order valence-electron chi connectivity index (χ3n) is 28.0. The van der Waals surface area contributed by atoms with E-state index in [1.807, 2.05) is 24.3 Å². The first-order chi connectivity index (χ1) is 64.4. The number of fused-ring (bicyclic) bond motifs is 25. The second kappa shape index (κ2) is 29.9. The largest absolute Gasteiger partial charge is 0.456 e. The van der Waals surface area contributed by atoms with E-state index in [1.165, 1.54) is 143 Å². The van der Waals surface area contributed by atoms with Gasteiger partial charge in [0.2, 0.25) is 0 Å². The summed E-state index contributed by atoms with van der Waals surface area (Å²) in [4.78, 5) is 4.88. The minimum Gasteiger partial charge on any atom is -0.456 e. The van der Waals surface area contributed by atoms with Crippen molar-refractivity contribution in [3.63, 3.8) is 0 Å². The van der Waals surface area contributed by atoms with Gasteiger partial charge in [-0.15, -0.1) is 0 Å². The number of anilines is 6. The van der Waals surface area contributed by atoms with Crippen LogP contribution >= 0.6 is 0 Å². The molecule has 606 valence electrons. The third kappa shape index (κ3) is 11.6. The van der Waals surface area contributed by atoms with Crippen LogP contribution in [-0.4, -0.2) is 0 Å². The molecule has 3 aliphatic carbocycles. The fourth-order valence-electron chi connectivity index (χ4n) is 22.2. The monoisotopic (exact) mass is 1650 g/mol. The summed E-state index contributed by atoms with van der Waals surface area (Å²) in [5, 5.41) is 14.7. The van der Waals surface area contributed by atoms with Crippen molar-refractivity contribution in [2.24, 2.45) is 0 Å². The van der Waals surface area contributed by atoms with Crippen molar-refractivity contribution in [3.05, 3.63) is 530 Å². The summed E-state index contributed by atoms with van der Waals surface area (Å²) in [6.45, 7) is 0. The predicted octanol–water partition coefficient (Wildman–Crippen LogP) is 34.1. The first kappa shape index (κ1) is 74.5. The van der Waals surface area contributed by atoms with Crippen molar-refractivity contribution in [2.75, 3.05) is 9.80 Å². The van der Waals surface area contributed by atoms with E-state index < -0.39 is 10.8 Å². The molecule has 1 spiro atoms. The first-order valence-electron chi connectivity index (χ1n) is 44.9. The SMILES string of the molecule is c1ccc(C2(c3ccccc3)c3ccccc3-c3c(N(c4ccc(-c5ccc6c(ccc7ccccc76)c5)cc4)c4ccc(-c5ccc6oc7ccccc7c6c5)cc4)cccc32)cc1.c1ccc2c(c1)-c1ccccc1C21c2ccccc2-c2ccc(N(c3ccc(-c4ccc5c(ccc6ccccc65)c4)cc3)c3ccc(-c4ccc5oc6ccccc6c5c4)cc3)cc21. The van der Waals surface area contributed by atoms with Gasteiger partial charge in [0.05, 0.1) is 16.5 Å². The summed E-state index contributed by atoms with van der Waals surface area (Å²) in [5.41, 5.74) is 36.7. The van der Waals surface area contributed by atoms with Crippen molar-refractivity contribution >= 4 is 121 Å². The van der Waals surface area contributed by atoms with Gasteiger partial charge < -0.3 is 18.6 Å². The van der Waals surface area contributed by atoms with E-state index in [-0.39, 0.29) is 0 Å². The topological polar surface area (TPSA) is 32.8 Å². The number of hydrogen-bond donors (Lipinski definition) is 0. The molecule has 130 heavy (non-hydrogen) atoms. The molecule has 0 saturated heterocycles. The van der Waals surface area contributed by atoms with E-state index in [0.717, 1.165) is 100 Å². The highest BCUT2D eigenvalue weighted by Crippen LogP contribution is 2.65. The Kier molecular flexibility index (Phi) is 17.1. The van der Waals surface area contributed by atoms with Crippen molar-refractivity contribution in [2.45, 2.75) is 10.8 Å². The van der Waals surface area contributed by atoms with Gasteiger partial charge in [-0.05, 0) is 275 Å². The Balaban J connectivity index is 0.000000137. The van der Waals surface area contributed by atoms with Gasteiger partial charge in [0.1, 0.15) is 22.3 Å². The lowest BCUT2D eigenvalue weighted by atomic mass is 9.68. The molecule has 22 aromatic carbocycles. The van der Waals surface area contributed by atoms with Crippen LogP contribution in [0.5, 0.6) is 0 Å². The lowest BCUT2D eigenvalue weighted by Gasteiger charge is -2.34. The fraction of sp³-hybridized carbons (Fsp3) is 0.0159. The zero-order valence-corrected chi connectivity index (χ0v) is 70.9. The van der Waals surface area contributed by atoms with Crippen molar-refractivity contribution in [1.82, 2.24) is 0 Å². The number of furan rings is 2. The summed E-state index contributed by atoms with van der Waals surface area (Å²) in [5.74, 6) is 0. The van der Waals surface area contributed by atoms with Gasteiger partial charge in [-0.3, -0.25) is 0 Å². The van der Waals surface area contributed by atoms with E-state index in [9.17, 15) is 0 Å². The summed E-state index contributed by atoms with van der Waals surface area (Å²) >= 11 is 0. The molecule has 0 radical (unpaired) electrons. The number of nitrogens with zero attached hydrogens (tertiary/aromatic N) is 2. The average molecular weight is 1650 g/mol. The van der Waals surface area contributed by atoms with Gasteiger partial charge in [-0.25, -0.2) is 0 Å². The molecule has 0 atom stereocenters. The summed E-state index contributed by atoms with van der Waals surface area (Å²) in [6, 6.07) is 178. The van der Waals surface area contributed by atoms with E-state index >= 15 is 0 Å². The van der Waals surface area contributed by atoms with Crippen LogP contribution in [0.4, 0.5) is 34.1 Å². The Labute approximate surface area is 753 Å². The first-order valence-corrected chi connectivity index (χ1v) is 44.9. The maximum absolute atomic E-state index is 6.19. The molecule has 4 heteroatoms. The van der Waals surface area contributed by atoms with Crippen molar-refractivity contribution in [1.29, 1.82) is 0 Å². The van der Waals surface area contributed by atoms with Crippen LogP contribution < -0.4 is 9.80 Å². The molecule has 27 rings (SSSR count). The van der Waals surface area contributed by atoms with Crippen LogP contribution in [0.3, 0.4) is 0 Å². The normalized spacial score (nSPS) is 12.9. The van der Waals surface area contributed by atoms with Gasteiger partial charge in [0.25, 0.3) is 0 Å².